The second-order valence-corrected chi connectivity index (χ2v) is 5.59. The summed E-state index contributed by atoms with van der Waals surface area (Å²) in [6, 6.07) is 6.33. The molecule has 0 spiro atoms. The molecule has 15 heavy (non-hydrogen) atoms. The van der Waals surface area contributed by atoms with Crippen LogP contribution in [0.15, 0.2) is 18.2 Å². The maximum absolute atomic E-state index is 6.11. The largest absolute Gasteiger partial charge is 0.123 e. The monoisotopic (exact) mass is 242 g/mol. The molecule has 1 saturated carbocycles. The van der Waals surface area contributed by atoms with Crippen molar-refractivity contribution >= 4 is 23.2 Å². The lowest BCUT2D eigenvalue weighted by Crippen LogP contribution is -2.00. The van der Waals surface area contributed by atoms with Gasteiger partial charge in [-0.3, -0.25) is 0 Å². The summed E-state index contributed by atoms with van der Waals surface area (Å²) in [4.78, 5) is 0. The van der Waals surface area contributed by atoms with Gasteiger partial charge >= 0.3 is 0 Å². The molecule has 0 saturated heterocycles. The summed E-state index contributed by atoms with van der Waals surface area (Å²) < 4.78 is 0. The quantitative estimate of drug-likeness (QED) is 0.666. The van der Waals surface area contributed by atoms with Crippen LogP contribution in [-0.2, 0) is 6.42 Å². The van der Waals surface area contributed by atoms with Gasteiger partial charge in [-0.25, -0.2) is 0 Å². The summed E-state index contributed by atoms with van der Waals surface area (Å²) in [6.07, 6.45) is 4.78. The van der Waals surface area contributed by atoms with Crippen molar-refractivity contribution in [1.82, 2.24) is 0 Å². The summed E-state index contributed by atoms with van der Waals surface area (Å²) in [7, 11) is 0. The minimum absolute atomic E-state index is 0.406. The first-order chi connectivity index (χ1) is 7.15. The topological polar surface area (TPSA) is 0 Å². The number of aryl methyl sites for hydroxylation is 1. The smallest absolute Gasteiger partial charge is 0.0435 e. The summed E-state index contributed by atoms with van der Waals surface area (Å²) in [6.45, 7) is 2.06. The third-order valence-corrected chi connectivity index (χ3v) is 4.04. The standard InChI is InChI=1S/C13H16Cl2/c1-9-6-10(3-5-13(9)15)7-11-2-4-12(14)8-11/h3,5-6,11-12H,2,4,7-8H2,1H3. The zero-order valence-corrected chi connectivity index (χ0v) is 10.5. The highest BCUT2D eigenvalue weighted by Crippen LogP contribution is 2.32. The normalized spacial score (nSPS) is 25.8. The molecule has 0 radical (unpaired) electrons. The maximum Gasteiger partial charge on any atom is 0.0435 e. The second kappa shape index (κ2) is 4.76. The Kier molecular flexibility index (Phi) is 3.58. The van der Waals surface area contributed by atoms with Crippen LogP contribution < -0.4 is 0 Å². The van der Waals surface area contributed by atoms with Gasteiger partial charge in [0.15, 0.2) is 0 Å². The van der Waals surface area contributed by atoms with E-state index in [1.54, 1.807) is 0 Å². The molecule has 1 aliphatic rings. The zero-order valence-electron chi connectivity index (χ0n) is 8.97. The zero-order chi connectivity index (χ0) is 10.8. The molecule has 2 atom stereocenters. The highest BCUT2D eigenvalue weighted by molar-refractivity contribution is 6.31. The highest BCUT2D eigenvalue weighted by Gasteiger charge is 2.22. The molecule has 1 fully saturated rings. The van der Waals surface area contributed by atoms with Gasteiger partial charge in [0.05, 0.1) is 0 Å². The number of halogens is 2. The molecule has 1 aliphatic carbocycles. The van der Waals surface area contributed by atoms with E-state index in [-0.39, 0.29) is 0 Å². The number of rotatable bonds is 2. The van der Waals surface area contributed by atoms with Crippen molar-refractivity contribution in [3.63, 3.8) is 0 Å². The third kappa shape index (κ3) is 2.89. The van der Waals surface area contributed by atoms with Crippen molar-refractivity contribution in [2.24, 2.45) is 5.92 Å². The lowest BCUT2D eigenvalue weighted by Gasteiger charge is -2.10. The van der Waals surface area contributed by atoms with Crippen LogP contribution in [0.3, 0.4) is 0 Å². The van der Waals surface area contributed by atoms with Crippen LogP contribution in [0, 0.1) is 12.8 Å². The molecule has 0 aromatic heterocycles. The predicted octanol–water partition coefficient (Wildman–Crippen LogP) is 4.60. The molecule has 1 aromatic carbocycles. The summed E-state index contributed by atoms with van der Waals surface area (Å²) in [5.74, 6) is 0.771. The maximum atomic E-state index is 6.11. The predicted molar refractivity (Wildman–Crippen MR) is 66.9 cm³/mol. The number of hydrogen-bond donors (Lipinski definition) is 0. The molecule has 2 rings (SSSR count). The Hall–Kier alpha value is -0.200. The Bertz CT molecular complexity index is 346. The highest BCUT2D eigenvalue weighted by atomic mass is 35.5. The number of hydrogen-bond acceptors (Lipinski definition) is 0. The van der Waals surface area contributed by atoms with Crippen molar-refractivity contribution in [1.29, 1.82) is 0 Å². The molecule has 0 bridgehead atoms. The first kappa shape index (κ1) is 11.3. The molecular formula is C13H16Cl2. The van der Waals surface area contributed by atoms with E-state index in [2.05, 4.69) is 19.1 Å². The molecule has 0 N–H and O–H groups in total. The fourth-order valence-electron chi connectivity index (χ4n) is 2.37. The van der Waals surface area contributed by atoms with E-state index in [0.717, 1.165) is 17.4 Å². The Labute approximate surface area is 102 Å². The molecule has 2 unspecified atom stereocenters. The first-order valence-corrected chi connectivity index (χ1v) is 6.35. The minimum atomic E-state index is 0.406. The Morgan fingerprint density at radius 2 is 2.13 bits per heavy atom. The van der Waals surface area contributed by atoms with Crippen LogP contribution in [0.4, 0.5) is 0 Å². The van der Waals surface area contributed by atoms with Gasteiger partial charge < -0.3 is 0 Å². The molecule has 0 nitrogen and oxygen atoms in total. The van der Waals surface area contributed by atoms with E-state index in [4.69, 9.17) is 23.2 Å². The Balaban J connectivity index is 2.02. The fourth-order valence-corrected chi connectivity index (χ4v) is 2.86. The van der Waals surface area contributed by atoms with E-state index in [1.165, 1.54) is 30.4 Å². The van der Waals surface area contributed by atoms with Gasteiger partial charge in [0, 0.05) is 10.4 Å². The van der Waals surface area contributed by atoms with Crippen molar-refractivity contribution in [2.75, 3.05) is 0 Å². The Morgan fingerprint density at radius 3 is 2.73 bits per heavy atom. The molecule has 0 heterocycles. The number of alkyl halides is 1. The summed E-state index contributed by atoms with van der Waals surface area (Å²) in [5, 5.41) is 1.27. The average Bonchev–Trinajstić information content (AvgIpc) is 2.58. The van der Waals surface area contributed by atoms with Crippen LogP contribution >= 0.6 is 23.2 Å². The van der Waals surface area contributed by atoms with Gasteiger partial charge in [-0.2, -0.15) is 0 Å². The van der Waals surface area contributed by atoms with Crippen molar-refractivity contribution in [3.05, 3.63) is 34.3 Å². The third-order valence-electron chi connectivity index (χ3n) is 3.22. The summed E-state index contributed by atoms with van der Waals surface area (Å²) in [5.41, 5.74) is 2.57. The van der Waals surface area contributed by atoms with Gasteiger partial charge in [-0.1, -0.05) is 23.7 Å². The lowest BCUT2D eigenvalue weighted by molar-refractivity contribution is 0.547. The second-order valence-electron chi connectivity index (χ2n) is 4.56. The number of benzene rings is 1. The van der Waals surface area contributed by atoms with E-state index in [9.17, 15) is 0 Å². The summed E-state index contributed by atoms with van der Waals surface area (Å²) >= 11 is 12.1. The molecular weight excluding hydrogens is 227 g/mol. The fraction of sp³-hybridized carbons (Fsp3) is 0.538. The van der Waals surface area contributed by atoms with Crippen LogP contribution in [0.2, 0.25) is 5.02 Å². The van der Waals surface area contributed by atoms with Gasteiger partial charge in [0.2, 0.25) is 0 Å². The van der Waals surface area contributed by atoms with Gasteiger partial charge in [-0.15, -0.1) is 11.6 Å². The van der Waals surface area contributed by atoms with Gasteiger partial charge in [-0.05, 0) is 55.7 Å². The molecule has 0 amide bonds. The van der Waals surface area contributed by atoms with Crippen molar-refractivity contribution in [3.8, 4) is 0 Å². The molecule has 82 valence electrons. The van der Waals surface area contributed by atoms with E-state index < -0.39 is 0 Å². The van der Waals surface area contributed by atoms with E-state index >= 15 is 0 Å². The SMILES string of the molecule is Cc1cc(CC2CCC(Cl)C2)ccc1Cl. The Morgan fingerprint density at radius 1 is 1.33 bits per heavy atom. The molecule has 2 heteroatoms. The van der Waals surface area contributed by atoms with Crippen LogP contribution in [-0.4, -0.2) is 5.38 Å². The lowest BCUT2D eigenvalue weighted by atomic mass is 9.97. The first-order valence-electron chi connectivity index (χ1n) is 5.54. The van der Waals surface area contributed by atoms with E-state index in [0.29, 0.717) is 5.38 Å². The minimum Gasteiger partial charge on any atom is -0.123 e. The van der Waals surface area contributed by atoms with Gasteiger partial charge in [0.25, 0.3) is 0 Å². The van der Waals surface area contributed by atoms with Gasteiger partial charge in [0.1, 0.15) is 0 Å². The molecule has 0 aliphatic heterocycles. The van der Waals surface area contributed by atoms with Crippen molar-refractivity contribution < 1.29 is 0 Å². The average molecular weight is 243 g/mol. The van der Waals surface area contributed by atoms with Crippen LogP contribution in [0.1, 0.15) is 30.4 Å². The van der Waals surface area contributed by atoms with Crippen LogP contribution in [0.25, 0.3) is 0 Å². The van der Waals surface area contributed by atoms with E-state index in [1.807, 2.05) is 6.07 Å². The molecule has 1 aromatic rings. The van der Waals surface area contributed by atoms with Crippen LogP contribution in [0.5, 0.6) is 0 Å². The van der Waals surface area contributed by atoms with Crippen molar-refractivity contribution in [2.45, 2.75) is 38.0 Å².